The second-order valence-electron chi connectivity index (χ2n) is 6.77. The maximum atomic E-state index is 12.8. The molecule has 1 unspecified atom stereocenters. The molecular weight excluding hydrogens is 348 g/mol. The summed E-state index contributed by atoms with van der Waals surface area (Å²) in [5, 5.41) is 1.13. The van der Waals surface area contributed by atoms with Crippen molar-refractivity contribution in [1.82, 2.24) is 9.55 Å². The monoisotopic (exact) mass is 370 g/mol. The second-order valence-corrected chi connectivity index (χ2v) is 7.80. The molecule has 1 aliphatic rings. The van der Waals surface area contributed by atoms with Gasteiger partial charge in [0.2, 0.25) is 11.7 Å². The number of pyridine rings is 1. The van der Waals surface area contributed by atoms with Crippen molar-refractivity contribution < 1.29 is 14.3 Å². The molecule has 3 aromatic rings. The molecule has 4 rings (SSSR count). The minimum atomic E-state index is 0.00607. The van der Waals surface area contributed by atoms with Crippen molar-refractivity contribution >= 4 is 27.3 Å². The molecule has 6 heteroatoms. The van der Waals surface area contributed by atoms with E-state index in [-0.39, 0.29) is 5.78 Å². The Morgan fingerprint density at radius 2 is 2.31 bits per heavy atom. The van der Waals surface area contributed by atoms with Gasteiger partial charge in [0, 0.05) is 48.0 Å². The molecule has 136 valence electrons. The van der Waals surface area contributed by atoms with Gasteiger partial charge in [-0.1, -0.05) is 0 Å². The summed E-state index contributed by atoms with van der Waals surface area (Å²) in [5.41, 5.74) is 1.82. The van der Waals surface area contributed by atoms with E-state index in [1.807, 2.05) is 6.07 Å². The molecule has 0 N–H and O–H groups in total. The van der Waals surface area contributed by atoms with Gasteiger partial charge < -0.3 is 14.0 Å². The molecule has 1 saturated heterocycles. The summed E-state index contributed by atoms with van der Waals surface area (Å²) < 4.78 is 13.0. The first kappa shape index (κ1) is 17.2. The molecule has 0 bridgehead atoms. The lowest BCUT2D eigenvalue weighted by Crippen LogP contribution is -2.22. The van der Waals surface area contributed by atoms with Gasteiger partial charge in [-0.15, -0.1) is 11.3 Å². The van der Waals surface area contributed by atoms with Crippen LogP contribution in [0.5, 0.6) is 5.88 Å². The third kappa shape index (κ3) is 3.27. The normalized spacial score (nSPS) is 17.5. The van der Waals surface area contributed by atoms with Crippen molar-refractivity contribution in [1.29, 1.82) is 0 Å². The Morgan fingerprint density at radius 1 is 1.42 bits per heavy atom. The Kier molecular flexibility index (Phi) is 4.78. The van der Waals surface area contributed by atoms with Crippen LogP contribution in [0.15, 0.2) is 30.5 Å². The van der Waals surface area contributed by atoms with Crippen LogP contribution in [0.2, 0.25) is 0 Å². The van der Waals surface area contributed by atoms with Gasteiger partial charge in [0.15, 0.2) is 0 Å². The third-order valence-corrected chi connectivity index (χ3v) is 6.07. The molecule has 1 aliphatic heterocycles. The predicted octanol–water partition coefficient (Wildman–Crippen LogP) is 4.07. The van der Waals surface area contributed by atoms with Gasteiger partial charge in [0.1, 0.15) is 4.83 Å². The summed E-state index contributed by atoms with van der Waals surface area (Å²) in [6.07, 6.45) is 3.91. The van der Waals surface area contributed by atoms with E-state index in [2.05, 4.69) is 22.5 Å². The number of hydrogen-bond acceptors (Lipinski definition) is 5. The van der Waals surface area contributed by atoms with E-state index in [0.29, 0.717) is 17.4 Å². The number of aryl methyl sites for hydroxylation is 1. The summed E-state index contributed by atoms with van der Waals surface area (Å²) in [4.78, 5) is 18.8. The number of ketones is 1. The summed E-state index contributed by atoms with van der Waals surface area (Å²) in [6, 6.07) is 7.64. The molecule has 0 amide bonds. The number of rotatable bonds is 5. The van der Waals surface area contributed by atoms with Crippen LogP contribution in [0.1, 0.15) is 33.8 Å². The van der Waals surface area contributed by atoms with E-state index in [1.54, 1.807) is 36.8 Å². The fourth-order valence-electron chi connectivity index (χ4n) is 3.50. The van der Waals surface area contributed by atoms with E-state index >= 15 is 0 Å². The molecule has 4 heterocycles. The summed E-state index contributed by atoms with van der Waals surface area (Å²) >= 11 is 1.56. The van der Waals surface area contributed by atoms with Gasteiger partial charge in [-0.3, -0.25) is 4.79 Å². The van der Waals surface area contributed by atoms with Crippen molar-refractivity contribution in [3.8, 4) is 5.88 Å². The summed E-state index contributed by atoms with van der Waals surface area (Å²) in [5.74, 6) is 1.06. The number of fused-ring (bicyclic) bond motifs is 1. The lowest BCUT2D eigenvalue weighted by Gasteiger charge is -2.23. The number of aromatic nitrogens is 2. The zero-order chi connectivity index (χ0) is 18.1. The number of carbonyl (C=O) groups excluding carboxylic acids is 1. The number of hydrogen-bond donors (Lipinski definition) is 0. The highest BCUT2D eigenvalue weighted by atomic mass is 32.1. The predicted molar refractivity (Wildman–Crippen MR) is 102 cm³/mol. The van der Waals surface area contributed by atoms with Crippen LogP contribution in [0.4, 0.5) is 0 Å². The lowest BCUT2D eigenvalue weighted by molar-refractivity contribution is 0.0487. The van der Waals surface area contributed by atoms with E-state index in [1.165, 1.54) is 12.1 Å². The Bertz CT molecular complexity index is 921. The molecule has 1 fully saturated rings. The van der Waals surface area contributed by atoms with Gasteiger partial charge in [-0.2, -0.15) is 0 Å². The molecule has 0 aromatic carbocycles. The average Bonchev–Trinajstić information content (AvgIpc) is 3.21. The lowest BCUT2D eigenvalue weighted by atomic mass is 10.0. The van der Waals surface area contributed by atoms with E-state index in [0.717, 1.165) is 41.3 Å². The molecule has 0 radical (unpaired) electrons. The quantitative estimate of drug-likeness (QED) is 0.635. The average molecular weight is 370 g/mol. The maximum absolute atomic E-state index is 12.8. The van der Waals surface area contributed by atoms with Gasteiger partial charge >= 0.3 is 0 Å². The van der Waals surface area contributed by atoms with E-state index in [4.69, 9.17) is 9.47 Å². The van der Waals surface area contributed by atoms with Gasteiger partial charge in [0.25, 0.3) is 0 Å². The topological polar surface area (TPSA) is 53.4 Å². The molecule has 0 aliphatic carbocycles. The maximum Gasteiger partial charge on any atom is 0.212 e. The van der Waals surface area contributed by atoms with Crippen LogP contribution >= 0.6 is 11.3 Å². The number of thiophene rings is 1. The number of carbonyl (C=O) groups is 1. The first-order valence-corrected chi connectivity index (χ1v) is 9.69. The summed E-state index contributed by atoms with van der Waals surface area (Å²) in [7, 11) is 1.56. The second kappa shape index (κ2) is 7.21. The van der Waals surface area contributed by atoms with Crippen molar-refractivity contribution in [2.24, 2.45) is 5.92 Å². The first-order chi connectivity index (χ1) is 12.7. The van der Waals surface area contributed by atoms with Gasteiger partial charge in [-0.25, -0.2) is 4.98 Å². The van der Waals surface area contributed by atoms with Crippen molar-refractivity contribution in [3.63, 3.8) is 0 Å². The standard InChI is InChI=1S/C20H22N2O3S/c1-13-8-16-9-17(19(23)15-5-6-18(24-2)21-10-15)26-20(16)22(13)11-14-4-3-7-25-12-14/h5-6,8-10,14H,3-4,7,11-12H2,1-2H3. The van der Waals surface area contributed by atoms with Crippen molar-refractivity contribution in [2.45, 2.75) is 26.3 Å². The van der Waals surface area contributed by atoms with Gasteiger partial charge in [-0.05, 0) is 38.0 Å². The Balaban J connectivity index is 1.61. The van der Waals surface area contributed by atoms with Crippen LogP contribution in [-0.4, -0.2) is 35.7 Å². The highest BCUT2D eigenvalue weighted by Gasteiger charge is 2.20. The smallest absolute Gasteiger partial charge is 0.212 e. The Morgan fingerprint density at radius 3 is 3.00 bits per heavy atom. The first-order valence-electron chi connectivity index (χ1n) is 8.88. The molecule has 5 nitrogen and oxygen atoms in total. The number of ether oxygens (including phenoxy) is 2. The van der Waals surface area contributed by atoms with Crippen LogP contribution in [0.25, 0.3) is 10.2 Å². The van der Waals surface area contributed by atoms with Crippen LogP contribution in [-0.2, 0) is 11.3 Å². The molecular formula is C20H22N2O3S. The van der Waals surface area contributed by atoms with Crippen LogP contribution in [0.3, 0.4) is 0 Å². The molecule has 0 spiro atoms. The highest BCUT2D eigenvalue weighted by Crippen LogP contribution is 2.32. The fourth-order valence-corrected chi connectivity index (χ4v) is 4.67. The molecule has 0 saturated carbocycles. The Hall–Kier alpha value is -2.18. The third-order valence-electron chi connectivity index (χ3n) is 4.90. The zero-order valence-electron chi connectivity index (χ0n) is 15.0. The molecule has 26 heavy (non-hydrogen) atoms. The van der Waals surface area contributed by atoms with Gasteiger partial charge in [0.05, 0.1) is 18.6 Å². The molecule has 1 atom stereocenters. The minimum Gasteiger partial charge on any atom is -0.481 e. The SMILES string of the molecule is COc1ccc(C(=O)c2cc3cc(C)n(CC4CCCOC4)c3s2)cn1. The van der Waals surface area contributed by atoms with Crippen LogP contribution < -0.4 is 4.74 Å². The van der Waals surface area contributed by atoms with E-state index < -0.39 is 0 Å². The largest absolute Gasteiger partial charge is 0.481 e. The van der Waals surface area contributed by atoms with Crippen LogP contribution in [0, 0.1) is 12.8 Å². The zero-order valence-corrected chi connectivity index (χ0v) is 15.8. The Labute approximate surface area is 156 Å². The summed E-state index contributed by atoms with van der Waals surface area (Å²) in [6.45, 7) is 4.79. The highest BCUT2D eigenvalue weighted by molar-refractivity contribution is 7.20. The van der Waals surface area contributed by atoms with Crippen molar-refractivity contribution in [2.75, 3.05) is 20.3 Å². The molecule has 3 aromatic heterocycles. The number of nitrogens with zero attached hydrogens (tertiary/aromatic N) is 2. The van der Waals surface area contributed by atoms with Crippen molar-refractivity contribution in [3.05, 3.63) is 46.6 Å². The minimum absolute atomic E-state index is 0.00607. The number of methoxy groups -OCH3 is 1. The van der Waals surface area contributed by atoms with E-state index in [9.17, 15) is 4.79 Å². The fraction of sp³-hybridized carbons (Fsp3) is 0.400.